The Morgan fingerprint density at radius 3 is 2.00 bits per heavy atom. The standard InChI is InChI=1S/C5H13NO2S/c1-4-5-6(2)9(3,7)8/h4-5H2,1-3H3. The summed E-state index contributed by atoms with van der Waals surface area (Å²) in [6.45, 7) is 2.56. The normalized spacial score (nSPS) is 12.4. The van der Waals surface area contributed by atoms with E-state index in [1.165, 1.54) is 10.6 Å². The van der Waals surface area contributed by atoms with E-state index in [1.807, 2.05) is 6.92 Å². The van der Waals surface area contributed by atoms with Crippen LogP contribution < -0.4 is 0 Å². The molecule has 0 aromatic carbocycles. The van der Waals surface area contributed by atoms with Crippen LogP contribution in [0.5, 0.6) is 0 Å². The molecular formula is C5H13NO2S. The van der Waals surface area contributed by atoms with Gasteiger partial charge in [0.05, 0.1) is 6.26 Å². The highest BCUT2D eigenvalue weighted by Gasteiger charge is 2.07. The molecule has 0 atom stereocenters. The average molecular weight is 151 g/mol. The summed E-state index contributed by atoms with van der Waals surface area (Å²) in [4.78, 5) is 0. The van der Waals surface area contributed by atoms with Crippen molar-refractivity contribution < 1.29 is 8.42 Å². The molecule has 0 aliphatic heterocycles. The van der Waals surface area contributed by atoms with Crippen molar-refractivity contribution in [3.05, 3.63) is 0 Å². The monoisotopic (exact) mass is 151 g/mol. The van der Waals surface area contributed by atoms with Crippen LogP contribution in [-0.4, -0.2) is 32.6 Å². The minimum Gasteiger partial charge on any atom is -0.213 e. The van der Waals surface area contributed by atoms with Gasteiger partial charge in [0.2, 0.25) is 10.0 Å². The van der Waals surface area contributed by atoms with Crippen LogP contribution >= 0.6 is 0 Å². The summed E-state index contributed by atoms with van der Waals surface area (Å²) in [5, 5.41) is 0. The number of sulfonamides is 1. The number of hydrogen-bond acceptors (Lipinski definition) is 2. The van der Waals surface area contributed by atoms with E-state index in [-0.39, 0.29) is 0 Å². The second-order valence-corrected chi connectivity index (χ2v) is 4.17. The van der Waals surface area contributed by atoms with Crippen LogP contribution in [0, 0.1) is 0 Å². The molecule has 0 rings (SSSR count). The molecule has 0 aliphatic rings. The van der Waals surface area contributed by atoms with Gasteiger partial charge >= 0.3 is 0 Å². The van der Waals surface area contributed by atoms with E-state index in [0.717, 1.165) is 6.42 Å². The summed E-state index contributed by atoms with van der Waals surface area (Å²) in [6.07, 6.45) is 2.08. The van der Waals surface area contributed by atoms with Gasteiger partial charge in [0.15, 0.2) is 0 Å². The van der Waals surface area contributed by atoms with Gasteiger partial charge in [0.1, 0.15) is 0 Å². The lowest BCUT2D eigenvalue weighted by molar-refractivity contribution is 0.474. The molecule has 0 N–H and O–H groups in total. The third-order valence-electron chi connectivity index (χ3n) is 1.10. The minimum absolute atomic E-state index is 0.610. The van der Waals surface area contributed by atoms with Gasteiger partial charge in [-0.2, -0.15) is 0 Å². The Kier molecular flexibility index (Phi) is 3.14. The van der Waals surface area contributed by atoms with Crippen molar-refractivity contribution in [2.75, 3.05) is 19.8 Å². The SMILES string of the molecule is CCCN(C)S(C)(=O)=O. The first-order chi connectivity index (χ1) is 3.98. The Bertz CT molecular complexity index is 162. The summed E-state index contributed by atoms with van der Waals surface area (Å²) in [5.41, 5.74) is 0. The van der Waals surface area contributed by atoms with Crippen molar-refractivity contribution in [1.82, 2.24) is 4.31 Å². The molecule has 0 aliphatic carbocycles. The molecule has 0 heterocycles. The summed E-state index contributed by atoms with van der Waals surface area (Å²) in [6, 6.07) is 0. The molecule has 3 nitrogen and oxygen atoms in total. The van der Waals surface area contributed by atoms with Crippen molar-refractivity contribution in [3.8, 4) is 0 Å². The fourth-order valence-electron chi connectivity index (χ4n) is 0.481. The predicted octanol–water partition coefficient (Wildman–Crippen LogP) is 0.288. The molecule has 0 bridgehead atoms. The van der Waals surface area contributed by atoms with Crippen LogP contribution in [0.15, 0.2) is 0 Å². The average Bonchev–Trinajstić information content (AvgIpc) is 1.64. The Hall–Kier alpha value is -0.0900. The van der Waals surface area contributed by atoms with Crippen LogP contribution in [-0.2, 0) is 10.0 Å². The van der Waals surface area contributed by atoms with Gasteiger partial charge in [0, 0.05) is 13.6 Å². The lowest BCUT2D eigenvalue weighted by Crippen LogP contribution is -2.25. The third-order valence-corrected chi connectivity index (χ3v) is 2.42. The number of nitrogens with zero attached hydrogens (tertiary/aromatic N) is 1. The maximum absolute atomic E-state index is 10.6. The number of rotatable bonds is 3. The Morgan fingerprint density at radius 1 is 1.44 bits per heavy atom. The van der Waals surface area contributed by atoms with Crippen LogP contribution in [0.2, 0.25) is 0 Å². The molecule has 0 spiro atoms. The Balaban J connectivity index is 3.90. The molecule has 0 radical (unpaired) electrons. The highest BCUT2D eigenvalue weighted by Crippen LogP contribution is 1.92. The maximum atomic E-state index is 10.6. The number of hydrogen-bond donors (Lipinski definition) is 0. The van der Waals surface area contributed by atoms with Crippen molar-refractivity contribution >= 4 is 10.0 Å². The fourth-order valence-corrected chi connectivity index (χ4v) is 0.995. The van der Waals surface area contributed by atoms with Gasteiger partial charge in [-0.05, 0) is 6.42 Å². The van der Waals surface area contributed by atoms with E-state index < -0.39 is 10.0 Å². The summed E-state index contributed by atoms with van der Waals surface area (Å²) in [5.74, 6) is 0. The summed E-state index contributed by atoms with van der Waals surface area (Å²) in [7, 11) is -1.35. The van der Waals surface area contributed by atoms with Crippen molar-refractivity contribution in [1.29, 1.82) is 0 Å². The van der Waals surface area contributed by atoms with Gasteiger partial charge in [-0.25, -0.2) is 12.7 Å². The second-order valence-electron chi connectivity index (χ2n) is 2.08. The zero-order valence-corrected chi connectivity index (χ0v) is 6.90. The van der Waals surface area contributed by atoms with Crippen molar-refractivity contribution in [2.24, 2.45) is 0 Å². The fraction of sp³-hybridized carbons (Fsp3) is 1.00. The molecule has 9 heavy (non-hydrogen) atoms. The second kappa shape index (κ2) is 3.17. The van der Waals surface area contributed by atoms with Gasteiger partial charge < -0.3 is 0 Å². The highest BCUT2D eigenvalue weighted by atomic mass is 32.2. The zero-order chi connectivity index (χ0) is 7.49. The van der Waals surface area contributed by atoms with E-state index in [4.69, 9.17) is 0 Å². The molecule has 0 unspecified atom stereocenters. The molecule has 0 aromatic heterocycles. The van der Waals surface area contributed by atoms with E-state index >= 15 is 0 Å². The smallest absolute Gasteiger partial charge is 0.210 e. The van der Waals surface area contributed by atoms with Gasteiger partial charge in [-0.15, -0.1) is 0 Å². The lowest BCUT2D eigenvalue weighted by Gasteiger charge is -2.11. The molecular weight excluding hydrogens is 138 g/mol. The molecule has 4 heteroatoms. The van der Waals surface area contributed by atoms with E-state index in [2.05, 4.69) is 0 Å². The van der Waals surface area contributed by atoms with E-state index in [1.54, 1.807) is 7.05 Å². The first kappa shape index (κ1) is 8.91. The quantitative estimate of drug-likeness (QED) is 0.581. The topological polar surface area (TPSA) is 37.4 Å². The lowest BCUT2D eigenvalue weighted by atomic mass is 10.5. The maximum Gasteiger partial charge on any atom is 0.210 e. The predicted molar refractivity (Wildman–Crippen MR) is 37.8 cm³/mol. The third kappa shape index (κ3) is 3.48. The Labute approximate surface area is 56.7 Å². The van der Waals surface area contributed by atoms with Crippen LogP contribution in [0.25, 0.3) is 0 Å². The largest absolute Gasteiger partial charge is 0.213 e. The first-order valence-corrected chi connectivity index (χ1v) is 4.74. The van der Waals surface area contributed by atoms with E-state index in [0.29, 0.717) is 6.54 Å². The summed E-state index contributed by atoms with van der Waals surface area (Å²) < 4.78 is 22.6. The van der Waals surface area contributed by atoms with Crippen molar-refractivity contribution in [3.63, 3.8) is 0 Å². The van der Waals surface area contributed by atoms with Crippen LogP contribution in [0.4, 0.5) is 0 Å². The Morgan fingerprint density at radius 2 is 1.89 bits per heavy atom. The van der Waals surface area contributed by atoms with Gasteiger partial charge in [-0.3, -0.25) is 0 Å². The van der Waals surface area contributed by atoms with Gasteiger partial charge in [0.25, 0.3) is 0 Å². The van der Waals surface area contributed by atoms with Crippen LogP contribution in [0.3, 0.4) is 0 Å². The van der Waals surface area contributed by atoms with Gasteiger partial charge in [-0.1, -0.05) is 6.92 Å². The molecule has 0 aromatic rings. The molecule has 0 saturated carbocycles. The molecule has 0 fully saturated rings. The highest BCUT2D eigenvalue weighted by molar-refractivity contribution is 7.88. The minimum atomic E-state index is -2.93. The molecule has 0 amide bonds. The van der Waals surface area contributed by atoms with E-state index in [9.17, 15) is 8.42 Å². The first-order valence-electron chi connectivity index (χ1n) is 2.89. The molecule has 56 valence electrons. The summed E-state index contributed by atoms with van der Waals surface area (Å²) >= 11 is 0. The van der Waals surface area contributed by atoms with Crippen LogP contribution in [0.1, 0.15) is 13.3 Å². The van der Waals surface area contributed by atoms with Crippen molar-refractivity contribution in [2.45, 2.75) is 13.3 Å². The molecule has 0 saturated heterocycles. The zero-order valence-electron chi connectivity index (χ0n) is 6.09.